The van der Waals surface area contributed by atoms with Crippen molar-refractivity contribution in [3.05, 3.63) is 71.4 Å². The smallest absolute Gasteiger partial charge is 0.317 e. The van der Waals surface area contributed by atoms with Crippen molar-refractivity contribution in [2.24, 2.45) is 11.3 Å². The molecule has 1 aliphatic heterocycles. The highest BCUT2D eigenvalue weighted by Gasteiger charge is 2.52. The van der Waals surface area contributed by atoms with Gasteiger partial charge in [-0.25, -0.2) is 22.5 Å². The van der Waals surface area contributed by atoms with Gasteiger partial charge in [0, 0.05) is 19.2 Å². The van der Waals surface area contributed by atoms with Crippen molar-refractivity contribution >= 4 is 22.1 Å². The molecule has 9 nitrogen and oxygen atoms in total. The van der Waals surface area contributed by atoms with E-state index < -0.39 is 21.4 Å². The molecule has 3 heterocycles. The molecule has 3 aromatic rings. The lowest BCUT2D eigenvalue weighted by molar-refractivity contribution is -0.157. The minimum Gasteiger partial charge on any atom is -0.481 e. The van der Waals surface area contributed by atoms with Crippen molar-refractivity contribution in [2.75, 3.05) is 26.8 Å². The van der Waals surface area contributed by atoms with Crippen LogP contribution in [0.3, 0.4) is 0 Å². The van der Waals surface area contributed by atoms with Crippen molar-refractivity contribution in [1.82, 2.24) is 19.1 Å². The number of hydrogen-bond donors (Lipinski definition) is 0. The number of benzene rings is 1. The minimum atomic E-state index is -3.93. The van der Waals surface area contributed by atoms with E-state index in [4.69, 9.17) is 9.47 Å². The summed E-state index contributed by atoms with van der Waals surface area (Å²) >= 11 is 0. The quantitative estimate of drug-likeness (QED) is 0.411. The van der Waals surface area contributed by atoms with E-state index in [0.29, 0.717) is 30.5 Å². The number of sulfonamides is 1. The predicted molar refractivity (Wildman–Crippen MR) is 140 cm³/mol. The molecule has 1 atom stereocenters. The summed E-state index contributed by atoms with van der Waals surface area (Å²) in [7, 11) is -2.47. The fraction of sp³-hybridized carbons (Fsp3) is 0.393. The lowest BCUT2D eigenvalue weighted by atomic mass is 9.68. The average molecular weight is 553 g/mol. The molecule has 39 heavy (non-hydrogen) atoms. The Bertz CT molecular complexity index is 1530. The van der Waals surface area contributed by atoms with E-state index in [9.17, 15) is 17.6 Å². The molecule has 1 aromatic carbocycles. The zero-order chi connectivity index (χ0) is 27.2. The number of nitrogens with zero attached hydrogens (tertiary/aromatic N) is 4. The molecule has 1 saturated carbocycles. The number of carbonyl (C=O) groups excluding carboxylic acids is 1. The molecule has 1 unspecified atom stereocenters. The molecule has 2 fully saturated rings. The van der Waals surface area contributed by atoms with E-state index in [2.05, 4.69) is 10.1 Å². The van der Waals surface area contributed by atoms with Crippen LogP contribution in [0, 0.1) is 17.2 Å². The number of piperidine rings is 1. The Kier molecular flexibility index (Phi) is 6.50. The van der Waals surface area contributed by atoms with Gasteiger partial charge in [0.25, 0.3) is 0 Å². The molecule has 0 N–H and O–H groups in total. The van der Waals surface area contributed by atoms with Gasteiger partial charge in [0.05, 0.1) is 37.5 Å². The summed E-state index contributed by atoms with van der Waals surface area (Å²) in [5.74, 6) is -0.0839. The third kappa shape index (κ3) is 4.53. The summed E-state index contributed by atoms with van der Waals surface area (Å²) in [6, 6.07) is 9.00. The first-order valence-corrected chi connectivity index (χ1v) is 14.5. The third-order valence-electron chi connectivity index (χ3n) is 8.07. The molecule has 0 spiro atoms. The van der Waals surface area contributed by atoms with Crippen LogP contribution >= 0.6 is 0 Å². The van der Waals surface area contributed by atoms with Gasteiger partial charge in [-0.2, -0.15) is 9.40 Å². The number of hydrogen-bond acceptors (Lipinski definition) is 7. The van der Waals surface area contributed by atoms with Crippen molar-refractivity contribution in [3.63, 3.8) is 0 Å². The number of methoxy groups -OCH3 is 1. The van der Waals surface area contributed by atoms with E-state index in [1.807, 2.05) is 6.08 Å². The van der Waals surface area contributed by atoms with Gasteiger partial charge in [-0.05, 0) is 79.1 Å². The number of ether oxygens (including phenoxy) is 2. The standard InChI is InChI=1S/C28H29FN4O5S/c1-37-26-10-9-24(16-30-26)39(35,36)32-12-11-21-13-25-20(15-31-33(25)23-7-5-22(29)6-8-23)14-28(21,18-32)27(34)38-17-19-3-2-4-19/h5-10,13,15-16,19H,2-4,11-12,14,17-18H2,1H3. The van der Waals surface area contributed by atoms with Crippen LogP contribution in [0.25, 0.3) is 11.8 Å². The largest absolute Gasteiger partial charge is 0.481 e. The summed E-state index contributed by atoms with van der Waals surface area (Å²) in [5.41, 5.74) is 1.95. The molecule has 1 saturated heterocycles. The van der Waals surface area contributed by atoms with Gasteiger partial charge in [0.1, 0.15) is 16.1 Å². The summed E-state index contributed by atoms with van der Waals surface area (Å²) in [6.07, 6.45) is 8.69. The van der Waals surface area contributed by atoms with Crippen molar-refractivity contribution in [3.8, 4) is 11.6 Å². The Morgan fingerprint density at radius 1 is 1.15 bits per heavy atom. The highest BCUT2D eigenvalue weighted by atomic mass is 32.2. The highest BCUT2D eigenvalue weighted by Crippen LogP contribution is 2.46. The first-order chi connectivity index (χ1) is 18.8. The number of pyridine rings is 1. The molecule has 11 heteroatoms. The van der Waals surface area contributed by atoms with Crippen LogP contribution in [0.1, 0.15) is 36.9 Å². The molecule has 3 aliphatic rings. The van der Waals surface area contributed by atoms with E-state index >= 15 is 0 Å². The van der Waals surface area contributed by atoms with E-state index in [-0.39, 0.29) is 30.2 Å². The van der Waals surface area contributed by atoms with Crippen LogP contribution in [0.4, 0.5) is 4.39 Å². The summed E-state index contributed by atoms with van der Waals surface area (Å²) in [6.45, 7) is 0.500. The molecule has 0 radical (unpaired) electrons. The number of fused-ring (bicyclic) bond motifs is 2. The summed E-state index contributed by atoms with van der Waals surface area (Å²) in [5, 5.41) is 4.52. The Hall–Kier alpha value is -3.57. The van der Waals surface area contributed by atoms with Crippen LogP contribution < -0.4 is 4.74 Å². The maximum absolute atomic E-state index is 13.8. The second-order valence-corrected chi connectivity index (χ2v) is 12.3. The van der Waals surface area contributed by atoms with Gasteiger partial charge < -0.3 is 9.47 Å². The summed E-state index contributed by atoms with van der Waals surface area (Å²) in [4.78, 5) is 17.9. The first-order valence-electron chi connectivity index (χ1n) is 13.0. The van der Waals surface area contributed by atoms with E-state index in [1.54, 1.807) is 23.0 Å². The predicted octanol–water partition coefficient (Wildman–Crippen LogP) is 3.78. The van der Waals surface area contributed by atoms with Gasteiger partial charge in [-0.15, -0.1) is 0 Å². The van der Waals surface area contributed by atoms with Gasteiger partial charge in [0.15, 0.2) is 0 Å². The van der Waals surface area contributed by atoms with Gasteiger partial charge in [-0.3, -0.25) is 4.79 Å². The first kappa shape index (κ1) is 25.7. The van der Waals surface area contributed by atoms with Crippen LogP contribution in [0.2, 0.25) is 0 Å². The minimum absolute atomic E-state index is 0.0364. The molecule has 2 aliphatic carbocycles. The Labute approximate surface area is 226 Å². The Morgan fingerprint density at radius 3 is 2.62 bits per heavy atom. The third-order valence-corrected chi connectivity index (χ3v) is 9.90. The lowest BCUT2D eigenvalue weighted by Crippen LogP contribution is -2.53. The number of aromatic nitrogens is 3. The molecule has 204 valence electrons. The number of rotatable bonds is 7. The maximum Gasteiger partial charge on any atom is 0.317 e. The average Bonchev–Trinajstić information content (AvgIpc) is 3.33. The number of carbonyl (C=O) groups is 1. The summed E-state index contributed by atoms with van der Waals surface area (Å²) < 4.78 is 54.8. The van der Waals surface area contributed by atoms with Gasteiger partial charge >= 0.3 is 5.97 Å². The normalized spacial score (nSPS) is 21.3. The maximum atomic E-state index is 13.8. The molecular weight excluding hydrogens is 523 g/mol. The monoisotopic (exact) mass is 552 g/mol. The van der Waals surface area contributed by atoms with Crippen molar-refractivity contribution in [2.45, 2.75) is 37.0 Å². The number of esters is 1. The van der Waals surface area contributed by atoms with Crippen LogP contribution in [-0.4, -0.2) is 60.3 Å². The van der Waals surface area contributed by atoms with Crippen LogP contribution in [0.5, 0.6) is 5.88 Å². The number of halogens is 1. The Morgan fingerprint density at radius 2 is 1.95 bits per heavy atom. The second-order valence-electron chi connectivity index (χ2n) is 10.4. The van der Waals surface area contributed by atoms with Gasteiger partial charge in [-0.1, -0.05) is 6.42 Å². The van der Waals surface area contributed by atoms with Crippen LogP contribution in [0.15, 0.2) is 59.3 Å². The van der Waals surface area contributed by atoms with E-state index in [1.165, 1.54) is 41.9 Å². The van der Waals surface area contributed by atoms with E-state index in [0.717, 1.165) is 36.1 Å². The lowest BCUT2D eigenvalue weighted by Gasteiger charge is -2.44. The molecule has 2 aromatic heterocycles. The molecule has 0 amide bonds. The fourth-order valence-electron chi connectivity index (χ4n) is 5.56. The fourth-order valence-corrected chi connectivity index (χ4v) is 7.01. The Balaban J connectivity index is 1.36. The molecular formula is C28H29FN4O5S. The topological polar surface area (TPSA) is 104 Å². The molecule has 0 bridgehead atoms. The molecule has 6 rings (SSSR count). The van der Waals surface area contributed by atoms with Crippen LogP contribution in [-0.2, 0) is 26.0 Å². The zero-order valence-electron chi connectivity index (χ0n) is 21.5. The van der Waals surface area contributed by atoms with Gasteiger partial charge in [0.2, 0.25) is 15.9 Å². The highest BCUT2D eigenvalue weighted by molar-refractivity contribution is 7.89. The van der Waals surface area contributed by atoms with Crippen molar-refractivity contribution in [1.29, 1.82) is 0 Å². The zero-order valence-corrected chi connectivity index (χ0v) is 22.4. The SMILES string of the molecule is COc1ccc(S(=O)(=O)N2CCC3=Cc4c(cnn4-c4ccc(F)cc4)CC3(C(=O)OCC3CCC3)C2)cn1. The second kappa shape index (κ2) is 9.87. The van der Waals surface area contributed by atoms with Crippen molar-refractivity contribution < 1.29 is 27.1 Å².